The molecule has 1 nitrogen and oxygen atoms in total. The topological polar surface area (TPSA) is 20.2 Å². The van der Waals surface area contributed by atoms with Gasteiger partial charge in [-0.2, -0.15) is 0 Å². The molecule has 0 saturated heterocycles. The molecule has 1 atom stereocenters. The molecule has 0 bridgehead atoms. The smallest absolute Gasteiger partial charge is 0.0549 e. The van der Waals surface area contributed by atoms with Crippen LogP contribution in [0.25, 0.3) is 0 Å². The van der Waals surface area contributed by atoms with Gasteiger partial charge < -0.3 is 5.11 Å². The minimum Gasteiger partial charge on any atom is -0.393 e. The van der Waals surface area contributed by atoms with E-state index in [9.17, 15) is 5.11 Å². The molecule has 1 unspecified atom stereocenters. The SMILES string of the molecule is C#CCCC(O)CCC1CCCCC1. The van der Waals surface area contributed by atoms with E-state index in [0.717, 1.165) is 18.8 Å². The van der Waals surface area contributed by atoms with Crippen molar-refractivity contribution in [2.75, 3.05) is 0 Å². The van der Waals surface area contributed by atoms with E-state index in [4.69, 9.17) is 6.42 Å². The third-order valence-electron chi connectivity index (χ3n) is 3.25. The van der Waals surface area contributed by atoms with Gasteiger partial charge in [-0.05, 0) is 25.2 Å². The Labute approximate surface area is 87.9 Å². The summed E-state index contributed by atoms with van der Waals surface area (Å²) in [5.74, 6) is 3.46. The molecule has 1 aliphatic rings. The Morgan fingerprint density at radius 2 is 1.93 bits per heavy atom. The van der Waals surface area contributed by atoms with Crippen LogP contribution in [0.5, 0.6) is 0 Å². The summed E-state index contributed by atoms with van der Waals surface area (Å²) in [5.41, 5.74) is 0. The average molecular weight is 194 g/mol. The Kier molecular flexibility index (Phi) is 5.71. The van der Waals surface area contributed by atoms with Crippen LogP contribution < -0.4 is 0 Å². The summed E-state index contributed by atoms with van der Waals surface area (Å²) in [4.78, 5) is 0. The fraction of sp³-hybridized carbons (Fsp3) is 0.846. The van der Waals surface area contributed by atoms with Crippen LogP contribution in [-0.4, -0.2) is 11.2 Å². The van der Waals surface area contributed by atoms with Gasteiger partial charge in [-0.3, -0.25) is 0 Å². The standard InChI is InChI=1S/C13H22O/c1-2-3-9-13(14)11-10-12-7-5-4-6-8-12/h1,12-14H,3-11H2. The van der Waals surface area contributed by atoms with Gasteiger partial charge in [-0.15, -0.1) is 12.3 Å². The normalized spacial score (nSPS) is 20.3. The van der Waals surface area contributed by atoms with Crippen LogP contribution in [0, 0.1) is 18.3 Å². The van der Waals surface area contributed by atoms with Gasteiger partial charge in [0.2, 0.25) is 0 Å². The third-order valence-corrected chi connectivity index (χ3v) is 3.25. The maximum absolute atomic E-state index is 9.62. The van der Waals surface area contributed by atoms with Gasteiger partial charge >= 0.3 is 0 Å². The second-order valence-electron chi connectivity index (χ2n) is 4.48. The fourth-order valence-corrected chi connectivity index (χ4v) is 2.30. The quantitative estimate of drug-likeness (QED) is 0.667. The van der Waals surface area contributed by atoms with Crippen LogP contribution in [0.15, 0.2) is 0 Å². The predicted molar refractivity (Wildman–Crippen MR) is 59.9 cm³/mol. The lowest BCUT2D eigenvalue weighted by Crippen LogP contribution is -2.12. The Hall–Kier alpha value is -0.480. The van der Waals surface area contributed by atoms with Crippen molar-refractivity contribution in [2.24, 2.45) is 5.92 Å². The van der Waals surface area contributed by atoms with Gasteiger partial charge in [0.1, 0.15) is 0 Å². The first-order chi connectivity index (χ1) is 6.83. The molecule has 1 saturated carbocycles. The Bertz CT molecular complexity index is 174. The van der Waals surface area contributed by atoms with Crippen molar-refractivity contribution in [3.63, 3.8) is 0 Å². The molecule has 80 valence electrons. The first-order valence-corrected chi connectivity index (χ1v) is 5.94. The van der Waals surface area contributed by atoms with E-state index >= 15 is 0 Å². The van der Waals surface area contributed by atoms with Crippen molar-refractivity contribution < 1.29 is 5.11 Å². The monoisotopic (exact) mass is 194 g/mol. The van der Waals surface area contributed by atoms with Crippen LogP contribution in [0.4, 0.5) is 0 Å². The Balaban J connectivity index is 2.03. The molecule has 0 spiro atoms. The molecule has 1 aliphatic carbocycles. The largest absolute Gasteiger partial charge is 0.393 e. The van der Waals surface area contributed by atoms with E-state index in [1.807, 2.05) is 0 Å². The van der Waals surface area contributed by atoms with Gasteiger partial charge in [-0.25, -0.2) is 0 Å². The fourth-order valence-electron chi connectivity index (χ4n) is 2.30. The highest BCUT2D eigenvalue weighted by atomic mass is 16.3. The molecular weight excluding hydrogens is 172 g/mol. The molecule has 1 N–H and O–H groups in total. The minimum absolute atomic E-state index is 0.159. The highest BCUT2D eigenvalue weighted by Crippen LogP contribution is 2.28. The first-order valence-electron chi connectivity index (χ1n) is 5.94. The number of terminal acetylenes is 1. The van der Waals surface area contributed by atoms with Crippen molar-refractivity contribution in [3.8, 4) is 12.3 Å². The Morgan fingerprint density at radius 3 is 2.57 bits per heavy atom. The lowest BCUT2D eigenvalue weighted by Gasteiger charge is -2.22. The maximum Gasteiger partial charge on any atom is 0.0549 e. The summed E-state index contributed by atoms with van der Waals surface area (Å²) in [6.07, 6.45) is 15.6. The summed E-state index contributed by atoms with van der Waals surface area (Å²) >= 11 is 0. The number of hydrogen-bond donors (Lipinski definition) is 1. The summed E-state index contributed by atoms with van der Waals surface area (Å²) in [5, 5.41) is 9.62. The number of hydrogen-bond acceptors (Lipinski definition) is 1. The maximum atomic E-state index is 9.62. The highest BCUT2D eigenvalue weighted by molar-refractivity contribution is 4.84. The van der Waals surface area contributed by atoms with Crippen LogP contribution in [0.3, 0.4) is 0 Å². The number of rotatable bonds is 5. The summed E-state index contributed by atoms with van der Waals surface area (Å²) < 4.78 is 0. The molecule has 1 heteroatoms. The molecular formula is C13H22O. The molecule has 1 fully saturated rings. The first kappa shape index (κ1) is 11.6. The van der Waals surface area contributed by atoms with E-state index in [-0.39, 0.29) is 6.10 Å². The zero-order chi connectivity index (χ0) is 10.2. The predicted octanol–water partition coefficient (Wildman–Crippen LogP) is 3.12. The molecule has 0 radical (unpaired) electrons. The van der Waals surface area contributed by atoms with Gasteiger partial charge in [0.05, 0.1) is 6.10 Å². The molecule has 14 heavy (non-hydrogen) atoms. The van der Waals surface area contributed by atoms with E-state index in [1.165, 1.54) is 38.5 Å². The van der Waals surface area contributed by atoms with Crippen molar-refractivity contribution in [1.29, 1.82) is 0 Å². The van der Waals surface area contributed by atoms with Crippen LogP contribution >= 0.6 is 0 Å². The van der Waals surface area contributed by atoms with Gasteiger partial charge in [0, 0.05) is 6.42 Å². The van der Waals surface area contributed by atoms with Crippen LogP contribution in [0.2, 0.25) is 0 Å². The molecule has 0 aliphatic heterocycles. The zero-order valence-electron chi connectivity index (χ0n) is 9.04. The summed E-state index contributed by atoms with van der Waals surface area (Å²) in [6, 6.07) is 0. The minimum atomic E-state index is -0.159. The molecule has 0 aromatic carbocycles. The van der Waals surface area contributed by atoms with E-state index in [2.05, 4.69) is 5.92 Å². The second-order valence-corrected chi connectivity index (χ2v) is 4.48. The van der Waals surface area contributed by atoms with E-state index in [0.29, 0.717) is 6.42 Å². The van der Waals surface area contributed by atoms with E-state index < -0.39 is 0 Å². The molecule has 0 aromatic rings. The molecule has 0 amide bonds. The lowest BCUT2D eigenvalue weighted by atomic mass is 9.85. The zero-order valence-corrected chi connectivity index (χ0v) is 9.04. The summed E-state index contributed by atoms with van der Waals surface area (Å²) in [6.45, 7) is 0. The number of aliphatic hydroxyl groups is 1. The van der Waals surface area contributed by atoms with Crippen molar-refractivity contribution >= 4 is 0 Å². The van der Waals surface area contributed by atoms with Crippen molar-refractivity contribution in [1.82, 2.24) is 0 Å². The summed E-state index contributed by atoms with van der Waals surface area (Å²) in [7, 11) is 0. The molecule has 0 heterocycles. The lowest BCUT2D eigenvalue weighted by molar-refractivity contribution is 0.142. The average Bonchev–Trinajstić information content (AvgIpc) is 2.25. The second kappa shape index (κ2) is 6.90. The molecule has 0 aromatic heterocycles. The van der Waals surface area contributed by atoms with Gasteiger partial charge in [-0.1, -0.05) is 32.1 Å². The van der Waals surface area contributed by atoms with E-state index in [1.54, 1.807) is 0 Å². The van der Waals surface area contributed by atoms with Crippen molar-refractivity contribution in [2.45, 2.75) is 63.9 Å². The molecule has 1 rings (SSSR count). The number of aliphatic hydroxyl groups excluding tert-OH is 1. The van der Waals surface area contributed by atoms with Crippen LogP contribution in [0.1, 0.15) is 57.8 Å². The Morgan fingerprint density at radius 1 is 1.21 bits per heavy atom. The third kappa shape index (κ3) is 4.67. The van der Waals surface area contributed by atoms with Crippen LogP contribution in [-0.2, 0) is 0 Å². The highest BCUT2D eigenvalue weighted by Gasteiger charge is 2.14. The van der Waals surface area contributed by atoms with Gasteiger partial charge in [0.15, 0.2) is 0 Å². The van der Waals surface area contributed by atoms with Crippen molar-refractivity contribution in [3.05, 3.63) is 0 Å². The van der Waals surface area contributed by atoms with Gasteiger partial charge in [0.25, 0.3) is 0 Å².